The van der Waals surface area contributed by atoms with Gasteiger partial charge in [-0.05, 0) is 71.7 Å². The smallest absolute Gasteiger partial charge is 0.187 e. The molecule has 10 nitrogen and oxygen atoms in total. The molecule has 0 bridgehead atoms. The van der Waals surface area contributed by atoms with E-state index in [2.05, 4.69) is 34.6 Å². The molecule has 4 aliphatic carbocycles. The molecular formula is C35H60O10. The first kappa shape index (κ1) is 35.6. The Morgan fingerprint density at radius 1 is 0.933 bits per heavy atom. The van der Waals surface area contributed by atoms with Crippen molar-refractivity contribution in [2.45, 2.75) is 134 Å². The predicted octanol–water partition coefficient (Wildman–Crippen LogP) is 2.41. The largest absolute Gasteiger partial charge is 0.396 e. The van der Waals surface area contributed by atoms with E-state index in [0.717, 1.165) is 31.3 Å². The maximum atomic E-state index is 12.7. The zero-order valence-corrected chi connectivity index (χ0v) is 28.3. The maximum Gasteiger partial charge on any atom is 0.187 e. The summed E-state index contributed by atoms with van der Waals surface area (Å²) in [6.45, 7) is 10.8. The van der Waals surface area contributed by atoms with E-state index in [4.69, 9.17) is 18.9 Å². The molecule has 17 unspecified atom stereocenters. The third-order valence-corrected chi connectivity index (χ3v) is 13.5. The van der Waals surface area contributed by atoms with E-state index in [0.29, 0.717) is 18.8 Å². The molecular weight excluding hydrogens is 580 g/mol. The lowest BCUT2D eigenvalue weighted by molar-refractivity contribution is -0.289. The summed E-state index contributed by atoms with van der Waals surface area (Å²) < 4.78 is 23.2. The van der Waals surface area contributed by atoms with Crippen LogP contribution in [0.1, 0.15) is 79.6 Å². The Balaban J connectivity index is 1.36. The molecule has 0 aromatic rings. The summed E-state index contributed by atoms with van der Waals surface area (Å²) in [4.78, 5) is 0. The number of ether oxygens (including phenoxy) is 4. The number of hydrogen-bond acceptors (Lipinski definition) is 10. The third kappa shape index (κ3) is 5.87. The predicted molar refractivity (Wildman–Crippen MR) is 167 cm³/mol. The molecule has 0 amide bonds. The molecule has 0 aromatic carbocycles. The molecule has 0 radical (unpaired) electrons. The zero-order chi connectivity index (χ0) is 33.1. The van der Waals surface area contributed by atoms with Crippen LogP contribution in [-0.4, -0.2) is 113 Å². The Bertz CT molecular complexity index is 1060. The Morgan fingerprint density at radius 3 is 2.27 bits per heavy atom. The lowest BCUT2D eigenvalue weighted by atomic mass is 9.43. The second-order valence-corrected chi connectivity index (χ2v) is 15.9. The minimum atomic E-state index is -1.34. The molecule has 1 aliphatic heterocycles. The first-order chi connectivity index (χ1) is 21.2. The minimum Gasteiger partial charge on any atom is -0.396 e. The molecule has 10 heteroatoms. The topological polar surface area (TPSA) is 158 Å². The van der Waals surface area contributed by atoms with E-state index in [1.54, 1.807) is 0 Å². The lowest BCUT2D eigenvalue weighted by Crippen LogP contribution is -2.66. The highest BCUT2D eigenvalue weighted by molar-refractivity contribution is 5.33. The summed E-state index contributed by atoms with van der Waals surface area (Å²) in [5, 5.41) is 67.5. The van der Waals surface area contributed by atoms with Crippen LogP contribution in [-0.2, 0) is 18.9 Å². The minimum absolute atomic E-state index is 0.0660. The van der Waals surface area contributed by atoms with E-state index in [9.17, 15) is 30.6 Å². The van der Waals surface area contributed by atoms with Crippen molar-refractivity contribution in [3.05, 3.63) is 11.6 Å². The normalized spacial score (nSPS) is 50.2. The standard InChI is InChI=1S/C35H60O10/c1-18(20(3)16-36)8-9-19(2)26-27(39)28(40)31-34(26,5)13-11-25-33(4)12-10-21(14-22(33)23(37)15-35(25,31)41)45-32-30(43-7)29(42-6)24(38)17-44-32/h14,18-21,23-32,36-41H,8-13,15-17H2,1-7H3. The molecule has 4 fully saturated rings. The van der Waals surface area contributed by atoms with Crippen molar-refractivity contribution < 1.29 is 49.6 Å². The number of methoxy groups -OCH3 is 2. The van der Waals surface area contributed by atoms with Crippen LogP contribution in [0.2, 0.25) is 0 Å². The summed E-state index contributed by atoms with van der Waals surface area (Å²) in [7, 11) is 3.06. The van der Waals surface area contributed by atoms with Crippen molar-refractivity contribution in [1.29, 1.82) is 0 Å². The Hall–Kier alpha value is -0.660. The number of rotatable bonds is 10. The van der Waals surface area contributed by atoms with E-state index < -0.39 is 65.3 Å². The van der Waals surface area contributed by atoms with Gasteiger partial charge in [-0.1, -0.05) is 53.5 Å². The fourth-order valence-corrected chi connectivity index (χ4v) is 10.8. The highest BCUT2D eigenvalue weighted by Crippen LogP contribution is 2.69. The van der Waals surface area contributed by atoms with Crippen molar-refractivity contribution >= 4 is 0 Å². The zero-order valence-electron chi connectivity index (χ0n) is 28.3. The van der Waals surface area contributed by atoms with Gasteiger partial charge in [0.1, 0.15) is 18.3 Å². The van der Waals surface area contributed by atoms with Crippen molar-refractivity contribution in [3.63, 3.8) is 0 Å². The number of aliphatic hydroxyl groups is 6. The van der Waals surface area contributed by atoms with E-state index in [1.807, 2.05) is 6.08 Å². The van der Waals surface area contributed by atoms with Crippen LogP contribution in [0, 0.1) is 46.3 Å². The van der Waals surface area contributed by atoms with Gasteiger partial charge in [-0.3, -0.25) is 0 Å². The molecule has 45 heavy (non-hydrogen) atoms. The highest BCUT2D eigenvalue weighted by Gasteiger charge is 2.72. The number of fused-ring (bicyclic) bond motifs is 5. The van der Waals surface area contributed by atoms with E-state index >= 15 is 0 Å². The molecule has 17 atom stereocenters. The van der Waals surface area contributed by atoms with Crippen molar-refractivity contribution in [1.82, 2.24) is 0 Å². The molecule has 260 valence electrons. The van der Waals surface area contributed by atoms with Crippen molar-refractivity contribution in [3.8, 4) is 0 Å². The number of hydrogen-bond donors (Lipinski definition) is 6. The Kier molecular flexibility index (Phi) is 10.6. The Morgan fingerprint density at radius 2 is 1.62 bits per heavy atom. The first-order valence-electron chi connectivity index (χ1n) is 17.3. The van der Waals surface area contributed by atoms with Gasteiger partial charge >= 0.3 is 0 Å². The van der Waals surface area contributed by atoms with Crippen LogP contribution in [0.5, 0.6) is 0 Å². The van der Waals surface area contributed by atoms with Crippen LogP contribution in [0.15, 0.2) is 11.6 Å². The summed E-state index contributed by atoms with van der Waals surface area (Å²) in [6.07, 6.45) is 0.645. The van der Waals surface area contributed by atoms with Crippen molar-refractivity contribution in [2.24, 2.45) is 46.3 Å². The van der Waals surface area contributed by atoms with Gasteiger partial charge in [0, 0.05) is 33.2 Å². The fourth-order valence-electron chi connectivity index (χ4n) is 10.8. The molecule has 0 aromatic heterocycles. The van der Waals surface area contributed by atoms with Crippen LogP contribution in [0.4, 0.5) is 0 Å². The van der Waals surface area contributed by atoms with Crippen LogP contribution < -0.4 is 0 Å². The molecule has 6 N–H and O–H groups in total. The Labute approximate surface area is 269 Å². The van der Waals surface area contributed by atoms with Crippen LogP contribution >= 0.6 is 0 Å². The van der Waals surface area contributed by atoms with Gasteiger partial charge < -0.3 is 49.6 Å². The maximum absolute atomic E-state index is 12.7. The van der Waals surface area contributed by atoms with Crippen molar-refractivity contribution in [2.75, 3.05) is 27.4 Å². The lowest BCUT2D eigenvalue weighted by Gasteiger charge is -2.64. The molecule has 0 spiro atoms. The van der Waals surface area contributed by atoms with Gasteiger partial charge in [-0.25, -0.2) is 0 Å². The summed E-state index contributed by atoms with van der Waals surface area (Å²) >= 11 is 0. The van der Waals surface area contributed by atoms with Gasteiger partial charge in [0.15, 0.2) is 6.29 Å². The quantitative estimate of drug-likeness (QED) is 0.196. The van der Waals surface area contributed by atoms with Crippen LogP contribution in [0.25, 0.3) is 0 Å². The summed E-state index contributed by atoms with van der Waals surface area (Å²) in [5.41, 5.74) is -1.47. The second-order valence-electron chi connectivity index (χ2n) is 15.9. The van der Waals surface area contributed by atoms with Gasteiger partial charge in [0.2, 0.25) is 0 Å². The fraction of sp³-hybridized carbons (Fsp3) is 0.943. The monoisotopic (exact) mass is 640 g/mol. The van der Waals surface area contributed by atoms with Gasteiger partial charge in [-0.2, -0.15) is 0 Å². The average molecular weight is 641 g/mol. The molecule has 5 rings (SSSR count). The van der Waals surface area contributed by atoms with Gasteiger partial charge in [0.25, 0.3) is 0 Å². The highest BCUT2D eigenvalue weighted by atomic mass is 16.7. The average Bonchev–Trinajstić information content (AvgIpc) is 3.21. The van der Waals surface area contributed by atoms with Gasteiger partial charge in [-0.15, -0.1) is 0 Å². The first-order valence-corrected chi connectivity index (χ1v) is 17.3. The second kappa shape index (κ2) is 13.3. The molecule has 1 heterocycles. The summed E-state index contributed by atoms with van der Waals surface area (Å²) in [6, 6.07) is 0. The molecule has 1 saturated heterocycles. The summed E-state index contributed by atoms with van der Waals surface area (Å²) in [5.74, 6) is -0.246. The van der Waals surface area contributed by atoms with Crippen LogP contribution in [0.3, 0.4) is 0 Å². The van der Waals surface area contributed by atoms with Gasteiger partial charge in [0.05, 0.1) is 36.6 Å². The van der Waals surface area contributed by atoms with E-state index in [1.165, 1.54) is 14.2 Å². The SMILES string of the molecule is COC1C(O)COC(OC2C=C3C(O)CC4(O)C(CCC5(C)C(C(C)CCC(C)C(C)CO)C(O)C(O)C54)C3(C)CC2)C1OC. The number of aliphatic hydroxyl groups excluding tert-OH is 5. The van der Waals surface area contributed by atoms with E-state index in [-0.39, 0.29) is 49.4 Å². The molecule has 5 aliphatic rings. The molecule has 3 saturated carbocycles. The third-order valence-electron chi connectivity index (χ3n) is 13.5.